The van der Waals surface area contributed by atoms with Gasteiger partial charge in [-0.25, -0.2) is 8.42 Å². The Balaban J connectivity index is 1.48. The van der Waals surface area contributed by atoms with Gasteiger partial charge in [-0.1, -0.05) is 47.2 Å². The first-order chi connectivity index (χ1) is 15.4. The minimum Gasteiger partial charge on any atom is -0.337 e. The van der Waals surface area contributed by atoms with E-state index in [1.807, 2.05) is 30.5 Å². The Morgan fingerprint density at radius 3 is 2.78 bits per heavy atom. The zero-order valence-electron chi connectivity index (χ0n) is 17.0. The van der Waals surface area contributed by atoms with Crippen molar-refractivity contribution in [3.05, 3.63) is 58.8 Å². The van der Waals surface area contributed by atoms with E-state index < -0.39 is 15.9 Å². The third-order valence-electron chi connectivity index (χ3n) is 4.34. The minimum absolute atomic E-state index is 0.0870. The van der Waals surface area contributed by atoms with Crippen LogP contribution < -0.4 is 5.32 Å². The molecular weight excluding hydrogens is 472 g/mol. The van der Waals surface area contributed by atoms with Crippen LogP contribution in [-0.2, 0) is 16.6 Å². The van der Waals surface area contributed by atoms with Crippen molar-refractivity contribution < 1.29 is 17.7 Å². The summed E-state index contributed by atoms with van der Waals surface area (Å²) in [5.41, 5.74) is 1.37. The smallest absolute Gasteiger partial charge is 0.272 e. The summed E-state index contributed by atoms with van der Waals surface area (Å²) in [4.78, 5) is 17.5. The summed E-state index contributed by atoms with van der Waals surface area (Å²) in [5, 5.41) is 16.0. The lowest BCUT2D eigenvalue weighted by Gasteiger charge is -2.15. The number of carbonyl (C=O) groups excluding carboxylic acids is 1. The van der Waals surface area contributed by atoms with Crippen molar-refractivity contribution in [1.82, 2.24) is 24.6 Å². The molecule has 4 aromatic rings. The Labute approximate surface area is 192 Å². The van der Waals surface area contributed by atoms with Gasteiger partial charge < -0.3 is 4.52 Å². The van der Waals surface area contributed by atoms with E-state index in [0.29, 0.717) is 11.4 Å². The van der Waals surface area contributed by atoms with Gasteiger partial charge in [0.1, 0.15) is 0 Å². The number of benzene rings is 1. The number of amides is 1. The third-order valence-corrected chi connectivity index (χ3v) is 8.31. The second-order valence-electron chi connectivity index (χ2n) is 6.62. The highest BCUT2D eigenvalue weighted by Gasteiger charge is 2.29. The van der Waals surface area contributed by atoms with Gasteiger partial charge >= 0.3 is 0 Å². The third kappa shape index (κ3) is 4.75. The van der Waals surface area contributed by atoms with Crippen LogP contribution in [0.1, 0.15) is 28.7 Å². The summed E-state index contributed by atoms with van der Waals surface area (Å²) in [5.74, 6) is 0.171. The molecule has 0 radical (unpaired) electrons. The monoisotopic (exact) mass is 490 g/mol. The van der Waals surface area contributed by atoms with Crippen LogP contribution in [0.5, 0.6) is 0 Å². The van der Waals surface area contributed by atoms with E-state index in [0.717, 1.165) is 26.1 Å². The number of anilines is 1. The summed E-state index contributed by atoms with van der Waals surface area (Å²) in [6.07, 6.45) is 0. The molecule has 166 valence electrons. The topological polar surface area (TPSA) is 131 Å². The molecule has 0 aliphatic carbocycles. The van der Waals surface area contributed by atoms with Crippen LogP contribution in [0.25, 0.3) is 10.7 Å². The van der Waals surface area contributed by atoms with Crippen LogP contribution >= 0.6 is 22.7 Å². The summed E-state index contributed by atoms with van der Waals surface area (Å²) in [6, 6.07) is 10.7. The van der Waals surface area contributed by atoms with Gasteiger partial charge in [0, 0.05) is 12.1 Å². The van der Waals surface area contributed by atoms with E-state index in [-0.39, 0.29) is 28.5 Å². The number of aromatic nitrogens is 4. The van der Waals surface area contributed by atoms with Crippen LogP contribution in [0.4, 0.5) is 5.13 Å². The van der Waals surface area contributed by atoms with E-state index in [1.165, 1.54) is 11.3 Å². The molecule has 10 nitrogen and oxygen atoms in total. The molecule has 1 N–H and O–H groups in total. The molecule has 13 heteroatoms. The number of thiophene rings is 1. The molecule has 4 rings (SSSR count). The molecule has 1 amide bonds. The quantitative estimate of drug-likeness (QED) is 0.372. The Bertz CT molecular complexity index is 1330. The average Bonchev–Trinajstić information content (AvgIpc) is 3.53. The van der Waals surface area contributed by atoms with Crippen molar-refractivity contribution in [2.45, 2.75) is 24.7 Å². The number of carbonyl (C=O) groups is 1. The van der Waals surface area contributed by atoms with E-state index in [1.54, 1.807) is 25.1 Å². The maximum atomic E-state index is 13.1. The van der Waals surface area contributed by atoms with Gasteiger partial charge in [-0.3, -0.25) is 10.1 Å². The molecule has 0 saturated heterocycles. The Morgan fingerprint density at radius 2 is 2.06 bits per heavy atom. The van der Waals surface area contributed by atoms with Crippen molar-refractivity contribution in [2.75, 3.05) is 11.9 Å². The van der Waals surface area contributed by atoms with Crippen LogP contribution in [0.15, 0.2) is 50.6 Å². The lowest BCUT2D eigenvalue weighted by molar-refractivity contribution is 0.102. The van der Waals surface area contributed by atoms with E-state index in [2.05, 4.69) is 25.7 Å². The van der Waals surface area contributed by atoms with Gasteiger partial charge in [0.05, 0.1) is 11.4 Å². The first kappa shape index (κ1) is 22.2. The standard InChI is InChI=1S/C19H18N6O4S3/c1-3-25(11-15-20-16(24-29-15)14-8-5-9-30-14)32(27,28)19-23-22-18(31-19)21-17(26)13-7-4-6-12(2)10-13/h4-10H,3,11H2,1-2H3,(H,21,22,26). The molecule has 0 atom stereocenters. The zero-order valence-corrected chi connectivity index (χ0v) is 19.5. The molecule has 32 heavy (non-hydrogen) atoms. The van der Waals surface area contributed by atoms with Gasteiger partial charge in [-0.05, 0) is 30.5 Å². The number of rotatable bonds is 8. The molecule has 1 aromatic carbocycles. The molecule has 0 saturated carbocycles. The van der Waals surface area contributed by atoms with E-state index in [4.69, 9.17) is 4.52 Å². The van der Waals surface area contributed by atoms with Crippen LogP contribution in [-0.4, -0.2) is 45.5 Å². The van der Waals surface area contributed by atoms with Crippen LogP contribution in [0.2, 0.25) is 0 Å². The number of nitrogens with one attached hydrogen (secondary N) is 1. The molecule has 0 spiro atoms. The van der Waals surface area contributed by atoms with Crippen LogP contribution in [0, 0.1) is 6.92 Å². The van der Waals surface area contributed by atoms with Gasteiger partial charge in [0.25, 0.3) is 15.9 Å². The lowest BCUT2D eigenvalue weighted by atomic mass is 10.1. The zero-order chi connectivity index (χ0) is 22.7. The Hall–Kier alpha value is -3.00. The van der Waals surface area contributed by atoms with Crippen molar-refractivity contribution >= 4 is 43.7 Å². The molecule has 0 fully saturated rings. The highest BCUT2D eigenvalue weighted by atomic mass is 32.2. The Morgan fingerprint density at radius 1 is 1.22 bits per heavy atom. The van der Waals surface area contributed by atoms with Crippen LogP contribution in [0.3, 0.4) is 0 Å². The molecule has 0 unspecified atom stereocenters. The highest BCUT2D eigenvalue weighted by molar-refractivity contribution is 7.91. The molecular formula is C19H18N6O4S3. The summed E-state index contributed by atoms with van der Waals surface area (Å²) >= 11 is 2.23. The van der Waals surface area contributed by atoms with Gasteiger partial charge in [0.2, 0.25) is 21.2 Å². The van der Waals surface area contributed by atoms with E-state index in [9.17, 15) is 13.2 Å². The number of nitrogens with zero attached hydrogens (tertiary/aromatic N) is 5. The van der Waals surface area contributed by atoms with Gasteiger partial charge in [-0.15, -0.1) is 21.5 Å². The fraction of sp³-hybridized carbons (Fsp3) is 0.211. The SMILES string of the molecule is CCN(Cc1nc(-c2cccs2)no1)S(=O)(=O)c1nnc(NC(=O)c2cccc(C)c2)s1. The Kier molecular flexibility index (Phi) is 6.41. The lowest BCUT2D eigenvalue weighted by Crippen LogP contribution is -2.30. The second-order valence-corrected chi connectivity index (χ2v) is 10.7. The summed E-state index contributed by atoms with van der Waals surface area (Å²) in [6.45, 7) is 3.61. The molecule has 3 heterocycles. The number of hydrogen-bond acceptors (Lipinski definition) is 10. The molecule has 3 aromatic heterocycles. The minimum atomic E-state index is -3.98. The van der Waals surface area contributed by atoms with Crippen molar-refractivity contribution in [1.29, 1.82) is 0 Å². The molecule has 0 aliphatic heterocycles. The fourth-order valence-electron chi connectivity index (χ4n) is 2.77. The summed E-state index contributed by atoms with van der Waals surface area (Å²) in [7, 11) is -3.98. The molecule has 0 aliphatic rings. The fourth-order valence-corrected chi connectivity index (χ4v) is 5.85. The predicted molar refractivity (Wildman–Crippen MR) is 120 cm³/mol. The van der Waals surface area contributed by atoms with Gasteiger partial charge in [0.15, 0.2) is 0 Å². The normalized spacial score (nSPS) is 11.7. The average molecular weight is 491 g/mol. The highest BCUT2D eigenvalue weighted by Crippen LogP contribution is 2.26. The summed E-state index contributed by atoms with van der Waals surface area (Å²) < 4.78 is 32.2. The van der Waals surface area contributed by atoms with Crippen molar-refractivity contribution in [3.63, 3.8) is 0 Å². The number of sulfonamides is 1. The first-order valence-corrected chi connectivity index (χ1v) is 12.6. The number of aryl methyl sites for hydroxylation is 1. The predicted octanol–water partition coefficient (Wildman–Crippen LogP) is 3.42. The van der Waals surface area contributed by atoms with Crippen molar-refractivity contribution in [3.8, 4) is 10.7 Å². The van der Waals surface area contributed by atoms with E-state index >= 15 is 0 Å². The first-order valence-electron chi connectivity index (χ1n) is 9.45. The largest absolute Gasteiger partial charge is 0.337 e. The molecule has 0 bridgehead atoms. The maximum absolute atomic E-state index is 13.1. The maximum Gasteiger partial charge on any atom is 0.272 e. The van der Waals surface area contributed by atoms with Gasteiger partial charge in [-0.2, -0.15) is 9.29 Å². The second kappa shape index (κ2) is 9.24. The number of hydrogen-bond donors (Lipinski definition) is 1. The van der Waals surface area contributed by atoms with Crippen molar-refractivity contribution in [2.24, 2.45) is 0 Å².